The summed E-state index contributed by atoms with van der Waals surface area (Å²) >= 11 is 0. The molecule has 2 aliphatic rings. The lowest BCUT2D eigenvalue weighted by molar-refractivity contribution is 0.522. The van der Waals surface area contributed by atoms with E-state index >= 15 is 0 Å². The molecule has 5 nitrogen and oxygen atoms in total. The third kappa shape index (κ3) is 3.99. The first-order valence-electron chi connectivity index (χ1n) is 8.42. The summed E-state index contributed by atoms with van der Waals surface area (Å²) in [6, 6.07) is 0.506. The fraction of sp³-hybridized carbons (Fsp3) is 0.750. The van der Waals surface area contributed by atoms with Gasteiger partial charge in [0.2, 0.25) is 0 Å². The number of hydrogen-bond acceptors (Lipinski definition) is 2. The fourth-order valence-electron chi connectivity index (χ4n) is 3.39. The molecule has 1 fully saturated rings. The van der Waals surface area contributed by atoms with E-state index < -0.39 is 0 Å². The molecule has 0 unspecified atom stereocenters. The topological polar surface area (TPSA) is 68.2 Å². The molecular weight excluding hydrogens is 262 g/mol. The highest BCUT2D eigenvalue weighted by atomic mass is 15.1. The molecule has 0 radical (unpaired) electrons. The maximum Gasteiger partial charge on any atom is 0.189 e. The van der Waals surface area contributed by atoms with Crippen molar-refractivity contribution in [3.8, 4) is 0 Å². The number of nitrogens with zero attached hydrogens (tertiary/aromatic N) is 3. The summed E-state index contributed by atoms with van der Waals surface area (Å²) in [5, 5.41) is 3.38. The molecular formula is C16H27N5. The molecule has 1 saturated carbocycles. The summed E-state index contributed by atoms with van der Waals surface area (Å²) in [5.74, 6) is 1.79. The number of aliphatic imine (C=N–C) groups is 1. The normalized spacial score (nSPS) is 20.9. The van der Waals surface area contributed by atoms with Crippen LogP contribution in [0, 0.1) is 0 Å². The van der Waals surface area contributed by atoms with Crippen LogP contribution in [0.4, 0.5) is 0 Å². The number of aromatic nitrogens is 2. The molecule has 1 aliphatic heterocycles. The second kappa shape index (κ2) is 6.96. The fourth-order valence-corrected chi connectivity index (χ4v) is 3.39. The van der Waals surface area contributed by atoms with Gasteiger partial charge in [0.25, 0.3) is 0 Å². The van der Waals surface area contributed by atoms with Crippen LogP contribution in [-0.2, 0) is 19.5 Å². The highest BCUT2D eigenvalue weighted by Crippen LogP contribution is 2.17. The summed E-state index contributed by atoms with van der Waals surface area (Å²) < 4.78 is 2.27. The lowest BCUT2D eigenvalue weighted by Crippen LogP contribution is -2.39. The first kappa shape index (κ1) is 14.4. The first-order chi connectivity index (χ1) is 10.3. The van der Waals surface area contributed by atoms with Crippen LogP contribution < -0.4 is 11.1 Å². The molecule has 2 heterocycles. The van der Waals surface area contributed by atoms with Gasteiger partial charge in [-0.05, 0) is 25.7 Å². The van der Waals surface area contributed by atoms with Crippen LogP contribution in [0.15, 0.2) is 11.2 Å². The van der Waals surface area contributed by atoms with Crippen molar-refractivity contribution in [2.45, 2.75) is 76.9 Å². The third-order valence-corrected chi connectivity index (χ3v) is 4.58. The molecule has 3 rings (SSSR count). The Morgan fingerprint density at radius 3 is 2.81 bits per heavy atom. The van der Waals surface area contributed by atoms with Crippen LogP contribution in [0.3, 0.4) is 0 Å². The van der Waals surface area contributed by atoms with Gasteiger partial charge in [-0.25, -0.2) is 9.98 Å². The quantitative estimate of drug-likeness (QED) is 0.510. The summed E-state index contributed by atoms with van der Waals surface area (Å²) in [6.45, 7) is 1.69. The predicted octanol–water partition coefficient (Wildman–Crippen LogP) is 2.35. The minimum absolute atomic E-state index is 0.506. The van der Waals surface area contributed by atoms with Gasteiger partial charge in [-0.1, -0.05) is 25.7 Å². The maximum atomic E-state index is 6.03. The molecule has 0 spiro atoms. The van der Waals surface area contributed by atoms with Gasteiger partial charge in [-0.15, -0.1) is 0 Å². The Balaban J connectivity index is 1.53. The van der Waals surface area contributed by atoms with Crippen molar-refractivity contribution in [2.75, 3.05) is 0 Å². The van der Waals surface area contributed by atoms with Crippen LogP contribution in [0.5, 0.6) is 0 Å². The van der Waals surface area contributed by atoms with E-state index in [2.05, 4.69) is 26.1 Å². The van der Waals surface area contributed by atoms with Crippen LogP contribution in [0.1, 0.15) is 62.9 Å². The van der Waals surface area contributed by atoms with Gasteiger partial charge in [0.15, 0.2) is 5.96 Å². The summed E-state index contributed by atoms with van der Waals surface area (Å²) in [6.07, 6.45) is 13.5. The number of fused-ring (bicyclic) bond motifs is 1. The molecule has 0 saturated heterocycles. The highest BCUT2D eigenvalue weighted by Gasteiger charge is 2.13. The number of nitrogens with two attached hydrogens (primary N) is 1. The summed E-state index contributed by atoms with van der Waals surface area (Å²) in [4.78, 5) is 9.13. The van der Waals surface area contributed by atoms with Gasteiger partial charge in [0, 0.05) is 25.2 Å². The van der Waals surface area contributed by atoms with Gasteiger partial charge < -0.3 is 15.6 Å². The minimum Gasteiger partial charge on any atom is -0.370 e. The van der Waals surface area contributed by atoms with Gasteiger partial charge >= 0.3 is 0 Å². The lowest BCUT2D eigenvalue weighted by atomic mass is 10.1. The Hall–Kier alpha value is -1.52. The van der Waals surface area contributed by atoms with Gasteiger partial charge in [-0.2, -0.15) is 0 Å². The predicted molar refractivity (Wildman–Crippen MR) is 85.1 cm³/mol. The molecule has 116 valence electrons. The third-order valence-electron chi connectivity index (χ3n) is 4.58. The van der Waals surface area contributed by atoms with E-state index in [1.807, 2.05) is 0 Å². The molecule has 0 aromatic carbocycles. The Kier molecular flexibility index (Phi) is 4.78. The lowest BCUT2D eigenvalue weighted by Gasteiger charge is -2.16. The van der Waals surface area contributed by atoms with Crippen molar-refractivity contribution in [1.82, 2.24) is 14.9 Å². The average Bonchev–Trinajstić information content (AvgIpc) is 2.74. The maximum absolute atomic E-state index is 6.03. The Morgan fingerprint density at radius 2 is 2.05 bits per heavy atom. The van der Waals surface area contributed by atoms with Gasteiger partial charge in [-0.3, -0.25) is 0 Å². The van der Waals surface area contributed by atoms with E-state index in [4.69, 9.17) is 5.73 Å². The van der Waals surface area contributed by atoms with Crippen LogP contribution in [-0.4, -0.2) is 21.6 Å². The van der Waals surface area contributed by atoms with E-state index in [0.717, 1.165) is 18.7 Å². The monoisotopic (exact) mass is 289 g/mol. The number of guanidine groups is 1. The highest BCUT2D eigenvalue weighted by molar-refractivity contribution is 5.78. The van der Waals surface area contributed by atoms with Crippen molar-refractivity contribution >= 4 is 5.96 Å². The summed E-state index contributed by atoms with van der Waals surface area (Å²) in [7, 11) is 0. The zero-order chi connectivity index (χ0) is 14.5. The zero-order valence-corrected chi connectivity index (χ0v) is 12.9. The second-order valence-electron chi connectivity index (χ2n) is 6.33. The Morgan fingerprint density at radius 1 is 1.24 bits per heavy atom. The molecule has 1 aromatic rings. The molecule has 0 bridgehead atoms. The van der Waals surface area contributed by atoms with E-state index in [-0.39, 0.29) is 0 Å². The van der Waals surface area contributed by atoms with Crippen molar-refractivity contribution in [3.05, 3.63) is 17.7 Å². The van der Waals surface area contributed by atoms with Gasteiger partial charge in [0.1, 0.15) is 5.82 Å². The first-order valence-corrected chi connectivity index (χ1v) is 8.42. The van der Waals surface area contributed by atoms with Crippen LogP contribution in [0.2, 0.25) is 0 Å². The Labute approximate surface area is 127 Å². The van der Waals surface area contributed by atoms with E-state index in [0.29, 0.717) is 18.5 Å². The number of rotatable bonds is 3. The SMILES string of the molecule is NC(=NCc1cn2c(n1)CCCC2)NC1CCCCCC1. The second-order valence-corrected chi connectivity index (χ2v) is 6.33. The number of aryl methyl sites for hydroxylation is 2. The van der Waals surface area contributed by atoms with Crippen LogP contribution in [0.25, 0.3) is 0 Å². The molecule has 0 atom stereocenters. The van der Waals surface area contributed by atoms with Crippen molar-refractivity contribution in [2.24, 2.45) is 10.7 Å². The smallest absolute Gasteiger partial charge is 0.189 e. The largest absolute Gasteiger partial charge is 0.370 e. The minimum atomic E-state index is 0.506. The number of imidazole rings is 1. The van der Waals surface area contributed by atoms with Gasteiger partial charge in [0.05, 0.1) is 12.2 Å². The number of hydrogen-bond donors (Lipinski definition) is 2. The molecule has 0 amide bonds. The summed E-state index contributed by atoms with van der Waals surface area (Å²) in [5.41, 5.74) is 7.07. The van der Waals surface area contributed by atoms with Crippen molar-refractivity contribution in [1.29, 1.82) is 0 Å². The number of nitrogens with one attached hydrogen (secondary N) is 1. The zero-order valence-electron chi connectivity index (χ0n) is 12.9. The van der Waals surface area contributed by atoms with E-state index in [1.54, 1.807) is 0 Å². The molecule has 1 aliphatic carbocycles. The molecule has 5 heteroatoms. The van der Waals surface area contributed by atoms with Crippen LogP contribution >= 0.6 is 0 Å². The van der Waals surface area contributed by atoms with Crippen molar-refractivity contribution < 1.29 is 0 Å². The van der Waals surface area contributed by atoms with Crippen molar-refractivity contribution in [3.63, 3.8) is 0 Å². The average molecular weight is 289 g/mol. The van der Waals surface area contributed by atoms with E-state index in [1.165, 1.54) is 57.2 Å². The molecule has 1 aromatic heterocycles. The standard InChI is InChI=1S/C16H27N5/c17-16(20-13-7-3-1-2-4-8-13)18-11-14-12-21-10-6-5-9-15(21)19-14/h12-13H,1-11H2,(H3,17,18,20). The van der Waals surface area contributed by atoms with E-state index in [9.17, 15) is 0 Å². The molecule has 3 N–H and O–H groups in total. The Bertz CT molecular complexity index is 459. The molecule has 21 heavy (non-hydrogen) atoms.